The maximum Gasteiger partial charge on any atom is 0.308 e. The molecule has 0 bridgehead atoms. The molecule has 0 aliphatic heterocycles. The first-order valence-corrected chi connectivity index (χ1v) is 6.94. The van der Waals surface area contributed by atoms with Crippen molar-refractivity contribution in [1.29, 1.82) is 0 Å². The van der Waals surface area contributed by atoms with Crippen LogP contribution in [0.15, 0.2) is 30.3 Å². The monoisotopic (exact) mass is 246 g/mol. The predicted octanol–water partition coefficient (Wildman–Crippen LogP) is 3.91. The van der Waals surface area contributed by atoms with Crippen LogP contribution in [0.5, 0.6) is 0 Å². The first-order valence-electron chi connectivity index (χ1n) is 6.94. The third kappa shape index (κ3) is 3.12. The van der Waals surface area contributed by atoms with Crippen molar-refractivity contribution >= 4 is 5.97 Å². The lowest BCUT2D eigenvalue weighted by Crippen LogP contribution is -2.30. The summed E-state index contributed by atoms with van der Waals surface area (Å²) in [6.45, 7) is 3.78. The van der Waals surface area contributed by atoms with E-state index in [4.69, 9.17) is 4.74 Å². The Morgan fingerprint density at radius 3 is 2.50 bits per heavy atom. The highest BCUT2D eigenvalue weighted by atomic mass is 16.5. The molecule has 0 amide bonds. The molecule has 2 nitrogen and oxygen atoms in total. The van der Waals surface area contributed by atoms with E-state index in [0.29, 0.717) is 5.92 Å². The van der Waals surface area contributed by atoms with Crippen LogP contribution in [0.1, 0.15) is 51.0 Å². The van der Waals surface area contributed by atoms with Gasteiger partial charge in [-0.2, -0.15) is 0 Å². The molecule has 1 fully saturated rings. The number of carbonyl (C=O) groups excluding carboxylic acids is 1. The Morgan fingerprint density at radius 2 is 1.83 bits per heavy atom. The molecular formula is C16H22O2. The molecule has 1 unspecified atom stereocenters. The molecule has 0 saturated heterocycles. The van der Waals surface area contributed by atoms with Gasteiger partial charge in [0.15, 0.2) is 0 Å². The minimum atomic E-state index is -0.0668. The molecule has 0 spiro atoms. The molecule has 2 heteroatoms. The minimum Gasteiger partial charge on any atom is -0.462 e. The second kappa shape index (κ2) is 6.03. The summed E-state index contributed by atoms with van der Waals surface area (Å²) >= 11 is 0. The van der Waals surface area contributed by atoms with Crippen LogP contribution >= 0.6 is 0 Å². The average molecular weight is 246 g/mol. The van der Waals surface area contributed by atoms with Crippen LogP contribution < -0.4 is 0 Å². The second-order valence-corrected chi connectivity index (χ2v) is 5.43. The Morgan fingerprint density at radius 1 is 1.17 bits per heavy atom. The Kier molecular flexibility index (Phi) is 4.40. The molecule has 2 atom stereocenters. The Hall–Kier alpha value is -1.31. The average Bonchev–Trinajstić information content (AvgIpc) is 2.40. The van der Waals surface area contributed by atoms with Gasteiger partial charge in [-0.3, -0.25) is 4.79 Å². The lowest BCUT2D eigenvalue weighted by molar-refractivity contribution is -0.155. The quantitative estimate of drug-likeness (QED) is 0.756. The van der Waals surface area contributed by atoms with E-state index < -0.39 is 0 Å². The summed E-state index contributed by atoms with van der Waals surface area (Å²) in [6.07, 6.45) is 4.59. The van der Waals surface area contributed by atoms with E-state index in [2.05, 4.69) is 24.3 Å². The van der Waals surface area contributed by atoms with E-state index >= 15 is 0 Å². The van der Waals surface area contributed by atoms with Crippen molar-refractivity contribution in [3.05, 3.63) is 35.9 Å². The Balaban J connectivity index is 2.09. The van der Waals surface area contributed by atoms with Crippen LogP contribution in [0, 0.1) is 5.92 Å². The van der Waals surface area contributed by atoms with Crippen molar-refractivity contribution in [2.75, 3.05) is 0 Å². The van der Waals surface area contributed by atoms with Gasteiger partial charge in [-0.1, -0.05) is 50.6 Å². The summed E-state index contributed by atoms with van der Waals surface area (Å²) < 4.78 is 5.68. The maximum absolute atomic E-state index is 11.8. The first-order chi connectivity index (χ1) is 8.68. The molecule has 1 aromatic carbocycles. The van der Waals surface area contributed by atoms with Gasteiger partial charge < -0.3 is 4.74 Å². The van der Waals surface area contributed by atoms with E-state index in [9.17, 15) is 4.79 Å². The molecule has 0 N–H and O–H groups in total. The second-order valence-electron chi connectivity index (χ2n) is 5.43. The van der Waals surface area contributed by atoms with Gasteiger partial charge >= 0.3 is 5.97 Å². The van der Waals surface area contributed by atoms with Crippen LogP contribution in [0.2, 0.25) is 0 Å². The van der Waals surface area contributed by atoms with E-state index in [1.54, 1.807) is 0 Å². The van der Waals surface area contributed by atoms with Crippen molar-refractivity contribution in [2.24, 2.45) is 5.92 Å². The smallest absolute Gasteiger partial charge is 0.308 e. The van der Waals surface area contributed by atoms with Gasteiger partial charge in [0, 0.05) is 5.92 Å². The molecule has 1 aliphatic carbocycles. The van der Waals surface area contributed by atoms with Crippen LogP contribution in [0.3, 0.4) is 0 Å². The molecule has 0 heterocycles. The van der Waals surface area contributed by atoms with E-state index in [-0.39, 0.29) is 18.0 Å². The standard InChI is InChI=1S/C16H22O2/c1-12(2)16(17)18-15-11-7-6-10-14(15)13-8-4-3-5-9-13/h3-5,8-9,12,14-15H,6-7,10-11H2,1-2H3/t14?,15-/m1/s1. The molecular weight excluding hydrogens is 224 g/mol. The van der Waals surface area contributed by atoms with Gasteiger partial charge in [0.05, 0.1) is 5.92 Å². The number of rotatable bonds is 3. The van der Waals surface area contributed by atoms with Crippen LogP contribution in [-0.4, -0.2) is 12.1 Å². The molecule has 0 radical (unpaired) electrons. The number of esters is 1. The first kappa shape index (κ1) is 13.1. The zero-order valence-corrected chi connectivity index (χ0v) is 11.3. The predicted molar refractivity (Wildman–Crippen MR) is 72.4 cm³/mol. The summed E-state index contributed by atoms with van der Waals surface area (Å²) in [6, 6.07) is 10.4. The number of benzene rings is 1. The number of ether oxygens (including phenoxy) is 1. The van der Waals surface area contributed by atoms with Gasteiger partial charge in [0.1, 0.15) is 6.10 Å². The third-order valence-electron chi connectivity index (χ3n) is 3.67. The fourth-order valence-corrected chi connectivity index (χ4v) is 2.60. The summed E-state index contributed by atoms with van der Waals surface area (Å²) in [5, 5.41) is 0. The van der Waals surface area contributed by atoms with Crippen molar-refractivity contribution in [1.82, 2.24) is 0 Å². The fourth-order valence-electron chi connectivity index (χ4n) is 2.60. The lowest BCUT2D eigenvalue weighted by Gasteiger charge is -2.32. The molecule has 1 saturated carbocycles. The molecule has 2 rings (SSSR count). The highest BCUT2D eigenvalue weighted by molar-refractivity contribution is 5.71. The van der Waals surface area contributed by atoms with Gasteiger partial charge in [0.2, 0.25) is 0 Å². The summed E-state index contributed by atoms with van der Waals surface area (Å²) in [5.41, 5.74) is 1.30. The molecule has 0 aromatic heterocycles. The van der Waals surface area contributed by atoms with Crippen molar-refractivity contribution in [3.8, 4) is 0 Å². The van der Waals surface area contributed by atoms with Gasteiger partial charge in [0.25, 0.3) is 0 Å². The van der Waals surface area contributed by atoms with Crippen LogP contribution in [0.25, 0.3) is 0 Å². The zero-order chi connectivity index (χ0) is 13.0. The van der Waals surface area contributed by atoms with E-state index in [1.807, 2.05) is 19.9 Å². The summed E-state index contributed by atoms with van der Waals surface area (Å²) in [5.74, 6) is 0.272. The molecule has 98 valence electrons. The lowest BCUT2D eigenvalue weighted by atomic mass is 9.81. The number of carbonyl (C=O) groups is 1. The molecule has 1 aromatic rings. The van der Waals surface area contributed by atoms with Crippen molar-refractivity contribution < 1.29 is 9.53 Å². The highest BCUT2D eigenvalue weighted by Crippen LogP contribution is 2.35. The largest absolute Gasteiger partial charge is 0.462 e. The van der Waals surface area contributed by atoms with Gasteiger partial charge in [-0.15, -0.1) is 0 Å². The molecule has 18 heavy (non-hydrogen) atoms. The zero-order valence-electron chi connectivity index (χ0n) is 11.3. The van der Waals surface area contributed by atoms with E-state index in [1.165, 1.54) is 18.4 Å². The molecule has 1 aliphatic rings. The maximum atomic E-state index is 11.8. The summed E-state index contributed by atoms with van der Waals surface area (Å²) in [7, 11) is 0. The number of hydrogen-bond acceptors (Lipinski definition) is 2. The van der Waals surface area contributed by atoms with Gasteiger partial charge in [-0.25, -0.2) is 0 Å². The van der Waals surface area contributed by atoms with Crippen LogP contribution in [0.4, 0.5) is 0 Å². The topological polar surface area (TPSA) is 26.3 Å². The fraction of sp³-hybridized carbons (Fsp3) is 0.562. The van der Waals surface area contributed by atoms with Crippen molar-refractivity contribution in [3.63, 3.8) is 0 Å². The summed E-state index contributed by atoms with van der Waals surface area (Å²) in [4.78, 5) is 11.8. The third-order valence-corrected chi connectivity index (χ3v) is 3.67. The SMILES string of the molecule is CC(C)C(=O)O[C@@H]1CCCCC1c1ccccc1. The highest BCUT2D eigenvalue weighted by Gasteiger charge is 2.29. The minimum absolute atomic E-state index is 0.0386. The van der Waals surface area contributed by atoms with Crippen LogP contribution in [-0.2, 0) is 9.53 Å². The Bertz CT molecular complexity index is 383. The van der Waals surface area contributed by atoms with Gasteiger partial charge in [-0.05, 0) is 24.8 Å². The van der Waals surface area contributed by atoms with E-state index in [0.717, 1.165) is 12.8 Å². The Labute approximate surface area is 109 Å². The van der Waals surface area contributed by atoms with Crippen molar-refractivity contribution in [2.45, 2.75) is 51.6 Å². The number of hydrogen-bond donors (Lipinski definition) is 0. The normalized spacial score (nSPS) is 23.9.